The molecule has 4 nitrogen and oxygen atoms in total. The Morgan fingerprint density at radius 3 is 2.89 bits per heavy atom. The van der Waals surface area contributed by atoms with Crippen molar-refractivity contribution < 1.29 is 9.21 Å². The number of nitrogens with one attached hydrogen (secondary N) is 1. The second-order valence-corrected chi connectivity index (χ2v) is 4.83. The minimum atomic E-state index is -0.207. The van der Waals surface area contributed by atoms with E-state index < -0.39 is 0 Å². The summed E-state index contributed by atoms with van der Waals surface area (Å²) in [6.07, 6.45) is 1.76. The summed E-state index contributed by atoms with van der Waals surface area (Å²) in [7, 11) is 0. The van der Waals surface area contributed by atoms with Crippen molar-refractivity contribution in [3.63, 3.8) is 0 Å². The normalized spacial score (nSPS) is 10.9. The summed E-state index contributed by atoms with van der Waals surface area (Å²) < 4.78 is 5.58. The van der Waals surface area contributed by atoms with Crippen molar-refractivity contribution in [2.75, 3.05) is 13.1 Å². The van der Waals surface area contributed by atoms with Crippen LogP contribution in [0.3, 0.4) is 0 Å². The van der Waals surface area contributed by atoms with Gasteiger partial charge in [0.05, 0.1) is 5.02 Å². The standard InChI is InChI=1S/C14H17ClN2O2/c1-9-10-5-4-6-11(15)13(10)19-12(9)14(18)17-8-3-2-7-16/h4-6H,2-3,7-8,16H2,1H3,(H,17,18). The summed E-state index contributed by atoms with van der Waals surface area (Å²) in [5, 5.41) is 4.21. The molecule has 102 valence electrons. The minimum absolute atomic E-state index is 0.207. The molecule has 2 aromatic rings. The second-order valence-electron chi connectivity index (χ2n) is 4.42. The van der Waals surface area contributed by atoms with Gasteiger partial charge >= 0.3 is 0 Å². The fourth-order valence-electron chi connectivity index (χ4n) is 1.98. The summed E-state index contributed by atoms with van der Waals surface area (Å²) in [5.41, 5.74) is 6.78. The lowest BCUT2D eigenvalue weighted by atomic mass is 10.1. The molecule has 0 atom stereocenters. The third kappa shape index (κ3) is 2.91. The number of carbonyl (C=O) groups is 1. The molecule has 0 spiro atoms. The summed E-state index contributed by atoms with van der Waals surface area (Å²) in [4.78, 5) is 12.0. The van der Waals surface area contributed by atoms with Gasteiger partial charge in [-0.3, -0.25) is 4.79 Å². The zero-order chi connectivity index (χ0) is 13.8. The first kappa shape index (κ1) is 13.9. The van der Waals surface area contributed by atoms with E-state index in [0.717, 1.165) is 23.8 Å². The number of hydrogen-bond acceptors (Lipinski definition) is 3. The molecule has 2 rings (SSSR count). The Kier molecular flexibility index (Phi) is 4.45. The number of hydrogen-bond donors (Lipinski definition) is 2. The fraction of sp³-hybridized carbons (Fsp3) is 0.357. The van der Waals surface area contributed by atoms with Crippen molar-refractivity contribution in [3.8, 4) is 0 Å². The molecule has 19 heavy (non-hydrogen) atoms. The highest BCUT2D eigenvalue weighted by molar-refractivity contribution is 6.35. The smallest absolute Gasteiger partial charge is 0.287 e. The van der Waals surface area contributed by atoms with E-state index >= 15 is 0 Å². The molecule has 1 aromatic heterocycles. The molecule has 0 unspecified atom stereocenters. The number of amides is 1. The van der Waals surface area contributed by atoms with Crippen LogP contribution in [0.1, 0.15) is 29.0 Å². The highest BCUT2D eigenvalue weighted by Gasteiger charge is 2.18. The van der Waals surface area contributed by atoms with E-state index in [1.807, 2.05) is 19.1 Å². The first-order valence-electron chi connectivity index (χ1n) is 6.31. The second kappa shape index (κ2) is 6.08. The van der Waals surface area contributed by atoms with Gasteiger partial charge in [0.1, 0.15) is 0 Å². The molecule has 0 radical (unpaired) electrons. The number of para-hydroxylation sites is 1. The van der Waals surface area contributed by atoms with E-state index in [4.69, 9.17) is 21.8 Å². The number of fused-ring (bicyclic) bond motifs is 1. The Balaban J connectivity index is 2.18. The van der Waals surface area contributed by atoms with Gasteiger partial charge < -0.3 is 15.5 Å². The minimum Gasteiger partial charge on any atom is -0.449 e. The number of rotatable bonds is 5. The molecule has 0 bridgehead atoms. The Morgan fingerprint density at radius 1 is 1.42 bits per heavy atom. The van der Waals surface area contributed by atoms with Gasteiger partial charge in [-0.1, -0.05) is 23.7 Å². The van der Waals surface area contributed by atoms with E-state index in [0.29, 0.717) is 29.5 Å². The first-order valence-corrected chi connectivity index (χ1v) is 6.69. The molecule has 1 aromatic carbocycles. The molecule has 0 aliphatic carbocycles. The molecule has 0 saturated carbocycles. The van der Waals surface area contributed by atoms with Crippen LogP contribution >= 0.6 is 11.6 Å². The predicted molar refractivity (Wildman–Crippen MR) is 76.6 cm³/mol. The van der Waals surface area contributed by atoms with E-state index in [1.165, 1.54) is 0 Å². The highest BCUT2D eigenvalue weighted by Crippen LogP contribution is 2.30. The van der Waals surface area contributed by atoms with Crippen LogP contribution < -0.4 is 11.1 Å². The summed E-state index contributed by atoms with van der Waals surface area (Å²) in [6, 6.07) is 5.48. The van der Waals surface area contributed by atoms with Crippen LogP contribution in [0.5, 0.6) is 0 Å². The van der Waals surface area contributed by atoms with Gasteiger partial charge in [-0.05, 0) is 32.4 Å². The van der Waals surface area contributed by atoms with Gasteiger partial charge in [-0.15, -0.1) is 0 Å². The quantitative estimate of drug-likeness (QED) is 0.828. The zero-order valence-corrected chi connectivity index (χ0v) is 11.6. The largest absolute Gasteiger partial charge is 0.449 e. The molecule has 0 saturated heterocycles. The predicted octanol–water partition coefficient (Wildman–Crippen LogP) is 2.86. The van der Waals surface area contributed by atoms with Crippen LogP contribution in [0.25, 0.3) is 11.0 Å². The maximum Gasteiger partial charge on any atom is 0.287 e. The summed E-state index contributed by atoms with van der Waals surface area (Å²) in [6.45, 7) is 3.09. The average molecular weight is 281 g/mol. The SMILES string of the molecule is Cc1c(C(=O)NCCCCN)oc2c(Cl)cccc12. The van der Waals surface area contributed by atoms with Gasteiger partial charge in [-0.25, -0.2) is 0 Å². The van der Waals surface area contributed by atoms with Gasteiger partial charge in [0.2, 0.25) is 0 Å². The Labute approximate surface area is 116 Å². The van der Waals surface area contributed by atoms with Gasteiger partial charge in [0.25, 0.3) is 5.91 Å². The van der Waals surface area contributed by atoms with E-state index in [2.05, 4.69) is 5.32 Å². The van der Waals surface area contributed by atoms with Crippen LogP contribution in [0.15, 0.2) is 22.6 Å². The Hall–Kier alpha value is -1.52. The van der Waals surface area contributed by atoms with Crippen LogP contribution in [0.2, 0.25) is 5.02 Å². The van der Waals surface area contributed by atoms with Crippen LogP contribution in [0, 0.1) is 6.92 Å². The first-order chi connectivity index (χ1) is 9.15. The number of carbonyl (C=O) groups excluding carboxylic acids is 1. The maximum atomic E-state index is 12.0. The lowest BCUT2D eigenvalue weighted by Gasteiger charge is -2.02. The topological polar surface area (TPSA) is 68.3 Å². The van der Waals surface area contributed by atoms with Crippen molar-refractivity contribution in [3.05, 3.63) is 34.5 Å². The average Bonchev–Trinajstić information content (AvgIpc) is 2.74. The van der Waals surface area contributed by atoms with Crippen molar-refractivity contribution >= 4 is 28.5 Å². The molecule has 5 heteroatoms. The van der Waals surface area contributed by atoms with E-state index in [1.54, 1.807) is 6.07 Å². The van der Waals surface area contributed by atoms with Crippen molar-refractivity contribution in [1.29, 1.82) is 0 Å². The monoisotopic (exact) mass is 280 g/mol. The number of unbranched alkanes of at least 4 members (excludes halogenated alkanes) is 1. The number of halogens is 1. The van der Waals surface area contributed by atoms with Gasteiger partial charge in [-0.2, -0.15) is 0 Å². The molecular formula is C14H17ClN2O2. The number of aryl methyl sites for hydroxylation is 1. The molecule has 1 heterocycles. The molecular weight excluding hydrogens is 264 g/mol. The number of nitrogens with two attached hydrogens (primary N) is 1. The van der Waals surface area contributed by atoms with Gasteiger partial charge in [0.15, 0.2) is 11.3 Å². The highest BCUT2D eigenvalue weighted by atomic mass is 35.5. The number of furan rings is 1. The van der Waals surface area contributed by atoms with Crippen molar-refractivity contribution in [2.45, 2.75) is 19.8 Å². The van der Waals surface area contributed by atoms with Crippen LogP contribution in [-0.4, -0.2) is 19.0 Å². The van der Waals surface area contributed by atoms with E-state index in [9.17, 15) is 4.79 Å². The summed E-state index contributed by atoms with van der Waals surface area (Å²) in [5.74, 6) is 0.123. The van der Waals surface area contributed by atoms with E-state index in [-0.39, 0.29) is 5.91 Å². The lowest BCUT2D eigenvalue weighted by molar-refractivity contribution is 0.0926. The molecule has 1 amide bonds. The van der Waals surface area contributed by atoms with Crippen molar-refractivity contribution in [2.24, 2.45) is 5.73 Å². The molecule has 3 N–H and O–H groups in total. The molecule has 0 fully saturated rings. The molecule has 0 aliphatic heterocycles. The van der Waals surface area contributed by atoms with Crippen LogP contribution in [-0.2, 0) is 0 Å². The Bertz CT molecular complexity index is 592. The maximum absolute atomic E-state index is 12.0. The number of benzene rings is 1. The zero-order valence-electron chi connectivity index (χ0n) is 10.8. The third-order valence-electron chi connectivity index (χ3n) is 3.04. The molecule has 0 aliphatic rings. The Morgan fingerprint density at radius 2 is 2.21 bits per heavy atom. The third-order valence-corrected chi connectivity index (χ3v) is 3.34. The lowest BCUT2D eigenvalue weighted by Crippen LogP contribution is -2.25. The fourth-order valence-corrected chi connectivity index (χ4v) is 2.19. The van der Waals surface area contributed by atoms with Crippen LogP contribution in [0.4, 0.5) is 0 Å². The summed E-state index contributed by atoms with van der Waals surface area (Å²) >= 11 is 6.05. The van der Waals surface area contributed by atoms with Gasteiger partial charge in [0, 0.05) is 17.5 Å². The van der Waals surface area contributed by atoms with Crippen molar-refractivity contribution in [1.82, 2.24) is 5.32 Å².